The van der Waals surface area contributed by atoms with Gasteiger partial charge in [-0.1, -0.05) is 18.2 Å². The van der Waals surface area contributed by atoms with Crippen molar-refractivity contribution in [1.82, 2.24) is 9.88 Å². The molecule has 0 radical (unpaired) electrons. The number of nitrogens with one attached hydrogen (secondary N) is 1. The van der Waals surface area contributed by atoms with Crippen LogP contribution in [0.4, 0.5) is 5.69 Å². The van der Waals surface area contributed by atoms with E-state index in [2.05, 4.69) is 10.3 Å². The number of carbonyl (C=O) groups is 2. The average Bonchev–Trinajstić information content (AvgIpc) is 3.05. The molecule has 1 aliphatic rings. The van der Waals surface area contributed by atoms with E-state index in [4.69, 9.17) is 9.47 Å². The quantitative estimate of drug-likeness (QED) is 0.548. The van der Waals surface area contributed by atoms with E-state index in [1.807, 2.05) is 25.1 Å². The van der Waals surface area contributed by atoms with Crippen LogP contribution < -0.4 is 14.8 Å². The number of benzene rings is 2. The fourth-order valence-corrected chi connectivity index (χ4v) is 3.50. The molecule has 32 heavy (non-hydrogen) atoms. The maximum Gasteiger partial charge on any atom is 0.278 e. The Hall–Kier alpha value is -4.13. The average molecular weight is 429 g/mol. The van der Waals surface area contributed by atoms with Gasteiger partial charge in [0.2, 0.25) is 0 Å². The summed E-state index contributed by atoms with van der Waals surface area (Å²) in [5, 5.41) is 3.14. The zero-order valence-corrected chi connectivity index (χ0v) is 17.9. The highest BCUT2D eigenvalue weighted by molar-refractivity contribution is 6.36. The summed E-state index contributed by atoms with van der Waals surface area (Å²) in [6.45, 7) is 2.61. The summed E-state index contributed by atoms with van der Waals surface area (Å²) in [7, 11) is 1.57. The van der Waals surface area contributed by atoms with Crippen molar-refractivity contribution < 1.29 is 19.1 Å². The van der Waals surface area contributed by atoms with Crippen LogP contribution in [0.3, 0.4) is 0 Å². The van der Waals surface area contributed by atoms with E-state index in [0.29, 0.717) is 34.9 Å². The van der Waals surface area contributed by atoms with Crippen molar-refractivity contribution in [3.8, 4) is 11.5 Å². The molecule has 0 spiro atoms. The number of amides is 2. The molecule has 0 unspecified atom stereocenters. The van der Waals surface area contributed by atoms with E-state index in [1.165, 1.54) is 4.90 Å². The lowest BCUT2D eigenvalue weighted by Crippen LogP contribution is -2.32. The summed E-state index contributed by atoms with van der Waals surface area (Å²) in [4.78, 5) is 32.0. The first-order valence-corrected chi connectivity index (χ1v) is 10.2. The highest BCUT2D eigenvalue weighted by Gasteiger charge is 2.39. The van der Waals surface area contributed by atoms with Gasteiger partial charge in [0.25, 0.3) is 11.8 Å². The van der Waals surface area contributed by atoms with Crippen LogP contribution in [0.2, 0.25) is 0 Å². The van der Waals surface area contributed by atoms with Crippen LogP contribution >= 0.6 is 0 Å². The van der Waals surface area contributed by atoms with Gasteiger partial charge in [0.15, 0.2) is 0 Å². The first-order chi connectivity index (χ1) is 15.6. The molecule has 1 aliphatic heterocycles. The van der Waals surface area contributed by atoms with E-state index in [-0.39, 0.29) is 18.1 Å². The second kappa shape index (κ2) is 9.34. The molecule has 7 nitrogen and oxygen atoms in total. The van der Waals surface area contributed by atoms with Gasteiger partial charge >= 0.3 is 0 Å². The molecule has 0 saturated carbocycles. The molecule has 0 fully saturated rings. The summed E-state index contributed by atoms with van der Waals surface area (Å²) in [5.74, 6) is 0.591. The van der Waals surface area contributed by atoms with Crippen molar-refractivity contribution in [1.29, 1.82) is 0 Å². The number of rotatable bonds is 8. The molecule has 162 valence electrons. The van der Waals surface area contributed by atoms with Crippen molar-refractivity contribution in [2.24, 2.45) is 0 Å². The largest absolute Gasteiger partial charge is 0.497 e. The smallest absolute Gasteiger partial charge is 0.278 e. The van der Waals surface area contributed by atoms with Gasteiger partial charge in [-0.05, 0) is 54.4 Å². The highest BCUT2D eigenvalue weighted by atomic mass is 16.5. The standard InChI is InChI=1S/C25H23N3O4/c1-3-32-20-9-7-18(8-10-20)22-23(27-19-5-4-6-21(15-19)31-2)25(30)28(24(22)29)16-17-11-13-26-14-12-17/h4-15,27H,3,16H2,1-2H3. The molecular weight excluding hydrogens is 406 g/mol. The van der Waals surface area contributed by atoms with Crippen molar-refractivity contribution in [3.05, 3.63) is 89.9 Å². The molecule has 0 bridgehead atoms. The molecular formula is C25H23N3O4. The number of anilines is 1. The number of aromatic nitrogens is 1. The fraction of sp³-hybridized carbons (Fsp3) is 0.160. The van der Waals surface area contributed by atoms with Crippen LogP contribution in [0, 0.1) is 0 Å². The van der Waals surface area contributed by atoms with E-state index in [9.17, 15) is 9.59 Å². The molecule has 2 aromatic carbocycles. The number of pyridine rings is 1. The Morgan fingerprint density at radius 1 is 0.938 bits per heavy atom. The first-order valence-electron chi connectivity index (χ1n) is 10.2. The zero-order chi connectivity index (χ0) is 22.5. The third-order valence-corrected chi connectivity index (χ3v) is 5.05. The van der Waals surface area contributed by atoms with E-state index >= 15 is 0 Å². The highest BCUT2D eigenvalue weighted by Crippen LogP contribution is 2.33. The summed E-state index contributed by atoms with van der Waals surface area (Å²) in [6.07, 6.45) is 3.27. The molecule has 1 aromatic heterocycles. The molecule has 1 N–H and O–H groups in total. The monoisotopic (exact) mass is 429 g/mol. The first kappa shape index (κ1) is 21.1. The molecule has 0 atom stereocenters. The van der Waals surface area contributed by atoms with Crippen molar-refractivity contribution in [3.63, 3.8) is 0 Å². The molecule has 7 heteroatoms. The number of imide groups is 1. The van der Waals surface area contributed by atoms with Gasteiger partial charge in [-0.15, -0.1) is 0 Å². The van der Waals surface area contributed by atoms with Crippen LogP contribution in [0.5, 0.6) is 11.5 Å². The number of hydrogen-bond donors (Lipinski definition) is 1. The summed E-state index contributed by atoms with van der Waals surface area (Å²) >= 11 is 0. The van der Waals surface area contributed by atoms with Gasteiger partial charge in [0, 0.05) is 24.1 Å². The Morgan fingerprint density at radius 2 is 1.69 bits per heavy atom. The number of ether oxygens (including phenoxy) is 2. The Morgan fingerprint density at radius 3 is 2.38 bits per heavy atom. The Balaban J connectivity index is 1.72. The number of carbonyl (C=O) groups excluding carboxylic acids is 2. The maximum atomic E-state index is 13.4. The SMILES string of the molecule is CCOc1ccc(C2=C(Nc3cccc(OC)c3)C(=O)N(Cc3ccncc3)C2=O)cc1. The van der Waals surface area contributed by atoms with Crippen LogP contribution in [0.25, 0.3) is 5.57 Å². The number of methoxy groups -OCH3 is 1. The number of nitrogens with zero attached hydrogens (tertiary/aromatic N) is 2. The Kier molecular flexibility index (Phi) is 6.17. The van der Waals surface area contributed by atoms with Crippen molar-refractivity contribution in [2.45, 2.75) is 13.5 Å². The summed E-state index contributed by atoms with van der Waals surface area (Å²) in [5.41, 5.74) is 2.64. The molecule has 0 aliphatic carbocycles. The molecule has 4 rings (SSSR count). The van der Waals surface area contributed by atoms with E-state index in [1.54, 1.807) is 62.0 Å². The minimum Gasteiger partial charge on any atom is -0.497 e. The zero-order valence-electron chi connectivity index (χ0n) is 17.9. The Bertz CT molecular complexity index is 1160. The van der Waals surface area contributed by atoms with Gasteiger partial charge < -0.3 is 14.8 Å². The van der Waals surface area contributed by atoms with Gasteiger partial charge in [-0.3, -0.25) is 19.5 Å². The lowest BCUT2D eigenvalue weighted by molar-refractivity contribution is -0.137. The van der Waals surface area contributed by atoms with Gasteiger partial charge in [0.1, 0.15) is 17.2 Å². The lowest BCUT2D eigenvalue weighted by Gasteiger charge is -2.15. The minimum atomic E-state index is -0.390. The van der Waals surface area contributed by atoms with Crippen LogP contribution in [-0.2, 0) is 16.1 Å². The van der Waals surface area contributed by atoms with Gasteiger partial charge in [-0.25, -0.2) is 0 Å². The van der Waals surface area contributed by atoms with E-state index in [0.717, 1.165) is 5.56 Å². The molecule has 3 aromatic rings. The van der Waals surface area contributed by atoms with Crippen LogP contribution in [0.15, 0.2) is 78.8 Å². The summed E-state index contributed by atoms with van der Waals surface area (Å²) < 4.78 is 10.8. The van der Waals surface area contributed by atoms with Crippen molar-refractivity contribution >= 4 is 23.1 Å². The molecule has 2 amide bonds. The lowest BCUT2D eigenvalue weighted by atomic mass is 10.0. The van der Waals surface area contributed by atoms with Gasteiger partial charge in [-0.2, -0.15) is 0 Å². The second-order valence-corrected chi connectivity index (χ2v) is 7.12. The second-order valence-electron chi connectivity index (χ2n) is 7.12. The van der Waals surface area contributed by atoms with Crippen LogP contribution in [-0.4, -0.2) is 35.4 Å². The third-order valence-electron chi connectivity index (χ3n) is 5.05. The predicted octanol–water partition coefficient (Wildman–Crippen LogP) is 3.88. The normalized spacial score (nSPS) is 13.5. The van der Waals surface area contributed by atoms with E-state index < -0.39 is 5.91 Å². The van der Waals surface area contributed by atoms with Crippen molar-refractivity contribution in [2.75, 3.05) is 19.0 Å². The topological polar surface area (TPSA) is 80.8 Å². The molecule has 2 heterocycles. The van der Waals surface area contributed by atoms with Crippen LogP contribution in [0.1, 0.15) is 18.1 Å². The minimum absolute atomic E-state index is 0.157. The predicted molar refractivity (Wildman–Crippen MR) is 121 cm³/mol. The molecule has 0 saturated heterocycles. The summed E-state index contributed by atoms with van der Waals surface area (Å²) in [6, 6.07) is 17.9. The Labute approximate surface area is 186 Å². The fourth-order valence-electron chi connectivity index (χ4n) is 3.50. The third kappa shape index (κ3) is 4.32. The number of hydrogen-bond acceptors (Lipinski definition) is 6. The van der Waals surface area contributed by atoms with Gasteiger partial charge in [0.05, 0.1) is 25.8 Å². The maximum absolute atomic E-state index is 13.4.